The summed E-state index contributed by atoms with van der Waals surface area (Å²) in [6.45, 7) is 2.26. The van der Waals surface area contributed by atoms with Crippen molar-refractivity contribution in [3.63, 3.8) is 0 Å². The summed E-state index contributed by atoms with van der Waals surface area (Å²) in [4.78, 5) is 0. The van der Waals surface area contributed by atoms with E-state index in [0.29, 0.717) is 6.04 Å². The number of benzene rings is 1. The van der Waals surface area contributed by atoms with Crippen LogP contribution in [0.1, 0.15) is 24.8 Å². The molecule has 0 unspecified atom stereocenters. The topological polar surface area (TPSA) is 50.7 Å². The maximum absolute atomic E-state index is 9.23. The van der Waals surface area contributed by atoms with Gasteiger partial charge in [0.25, 0.3) is 0 Å². The molecule has 0 atom stereocenters. The van der Waals surface area contributed by atoms with Gasteiger partial charge in [-0.3, -0.25) is 0 Å². The molecule has 4 heteroatoms. The molecular weight excluding hydrogens is 230 g/mol. The standard InChI is InChI=1S/C14H19NO3/c16-12-7-11(8-12)15-9-10-2-3-13-14(6-10)18-5-1-4-17-13/h2-3,6,11-12,15-16H,1,4-5,7-9H2. The van der Waals surface area contributed by atoms with Crippen molar-refractivity contribution < 1.29 is 14.6 Å². The van der Waals surface area contributed by atoms with Gasteiger partial charge < -0.3 is 19.9 Å². The van der Waals surface area contributed by atoms with Crippen LogP contribution in [0.3, 0.4) is 0 Å². The minimum absolute atomic E-state index is 0.105. The van der Waals surface area contributed by atoms with Crippen LogP contribution in [0.2, 0.25) is 0 Å². The van der Waals surface area contributed by atoms with Crippen molar-refractivity contribution >= 4 is 0 Å². The molecule has 4 nitrogen and oxygen atoms in total. The van der Waals surface area contributed by atoms with Gasteiger partial charge in [-0.15, -0.1) is 0 Å². The number of nitrogens with one attached hydrogen (secondary N) is 1. The van der Waals surface area contributed by atoms with Gasteiger partial charge in [0.1, 0.15) is 0 Å². The summed E-state index contributed by atoms with van der Waals surface area (Å²) < 4.78 is 11.3. The smallest absolute Gasteiger partial charge is 0.161 e. The summed E-state index contributed by atoms with van der Waals surface area (Å²) in [7, 11) is 0. The van der Waals surface area contributed by atoms with Crippen LogP contribution < -0.4 is 14.8 Å². The van der Waals surface area contributed by atoms with Gasteiger partial charge in [-0.1, -0.05) is 6.07 Å². The number of aliphatic hydroxyl groups excluding tert-OH is 1. The molecule has 1 aliphatic carbocycles. The maximum Gasteiger partial charge on any atom is 0.161 e. The molecule has 0 spiro atoms. The molecule has 1 aromatic carbocycles. The zero-order valence-electron chi connectivity index (χ0n) is 10.4. The van der Waals surface area contributed by atoms with Crippen LogP contribution in [0, 0.1) is 0 Å². The fourth-order valence-corrected chi connectivity index (χ4v) is 2.33. The lowest BCUT2D eigenvalue weighted by Crippen LogP contribution is -2.43. The van der Waals surface area contributed by atoms with Crippen molar-refractivity contribution in [3.8, 4) is 11.5 Å². The number of rotatable bonds is 3. The van der Waals surface area contributed by atoms with Gasteiger partial charge in [-0.2, -0.15) is 0 Å². The molecule has 0 aromatic heterocycles. The molecule has 2 N–H and O–H groups in total. The van der Waals surface area contributed by atoms with Crippen molar-refractivity contribution in [3.05, 3.63) is 23.8 Å². The van der Waals surface area contributed by atoms with Crippen LogP contribution in [-0.4, -0.2) is 30.5 Å². The third-order valence-electron chi connectivity index (χ3n) is 3.52. The molecule has 3 rings (SSSR count). The van der Waals surface area contributed by atoms with E-state index in [0.717, 1.165) is 50.5 Å². The fraction of sp³-hybridized carbons (Fsp3) is 0.571. The lowest BCUT2D eigenvalue weighted by molar-refractivity contribution is 0.0619. The summed E-state index contributed by atoms with van der Waals surface area (Å²) in [6.07, 6.45) is 2.56. The Balaban J connectivity index is 1.60. The highest BCUT2D eigenvalue weighted by Crippen LogP contribution is 2.30. The first-order valence-electron chi connectivity index (χ1n) is 6.61. The normalized spacial score (nSPS) is 26.3. The summed E-state index contributed by atoms with van der Waals surface area (Å²) in [5, 5.41) is 12.7. The average Bonchev–Trinajstić information content (AvgIpc) is 2.57. The van der Waals surface area contributed by atoms with Crippen molar-refractivity contribution in [2.45, 2.75) is 38.0 Å². The van der Waals surface area contributed by atoms with E-state index in [9.17, 15) is 5.11 Å². The van der Waals surface area contributed by atoms with Gasteiger partial charge in [0.15, 0.2) is 11.5 Å². The van der Waals surface area contributed by atoms with Crippen LogP contribution in [0.15, 0.2) is 18.2 Å². The number of hydrogen-bond acceptors (Lipinski definition) is 4. The molecule has 0 saturated heterocycles. The highest BCUT2D eigenvalue weighted by Gasteiger charge is 2.26. The van der Waals surface area contributed by atoms with Crippen molar-refractivity contribution in [2.24, 2.45) is 0 Å². The quantitative estimate of drug-likeness (QED) is 0.851. The first kappa shape index (κ1) is 11.8. The lowest BCUT2D eigenvalue weighted by Gasteiger charge is -2.32. The zero-order valence-corrected chi connectivity index (χ0v) is 10.4. The summed E-state index contributed by atoms with van der Waals surface area (Å²) >= 11 is 0. The lowest BCUT2D eigenvalue weighted by atomic mass is 9.89. The van der Waals surface area contributed by atoms with Gasteiger partial charge in [0, 0.05) is 19.0 Å². The van der Waals surface area contributed by atoms with Gasteiger partial charge >= 0.3 is 0 Å². The Labute approximate surface area is 107 Å². The molecule has 0 amide bonds. The first-order valence-corrected chi connectivity index (χ1v) is 6.61. The minimum Gasteiger partial charge on any atom is -0.490 e. The highest BCUT2D eigenvalue weighted by molar-refractivity contribution is 5.43. The van der Waals surface area contributed by atoms with Gasteiger partial charge in [0.05, 0.1) is 19.3 Å². The zero-order chi connectivity index (χ0) is 12.4. The van der Waals surface area contributed by atoms with Crippen LogP contribution in [0.5, 0.6) is 11.5 Å². The fourth-order valence-electron chi connectivity index (χ4n) is 2.33. The number of ether oxygens (including phenoxy) is 2. The minimum atomic E-state index is -0.105. The molecule has 1 aromatic rings. The van der Waals surface area contributed by atoms with E-state index in [1.54, 1.807) is 0 Å². The van der Waals surface area contributed by atoms with Crippen molar-refractivity contribution in [1.29, 1.82) is 0 Å². The van der Waals surface area contributed by atoms with E-state index in [4.69, 9.17) is 9.47 Å². The summed E-state index contributed by atoms with van der Waals surface area (Å²) in [6, 6.07) is 6.54. The van der Waals surface area contributed by atoms with Crippen LogP contribution in [0.25, 0.3) is 0 Å². The van der Waals surface area contributed by atoms with E-state index in [1.807, 2.05) is 12.1 Å². The molecule has 0 bridgehead atoms. The monoisotopic (exact) mass is 249 g/mol. The van der Waals surface area contributed by atoms with Crippen LogP contribution in [0.4, 0.5) is 0 Å². The van der Waals surface area contributed by atoms with Gasteiger partial charge in [-0.05, 0) is 30.5 Å². The molecule has 1 fully saturated rings. The second kappa shape index (κ2) is 5.16. The summed E-state index contributed by atoms with van der Waals surface area (Å²) in [5.74, 6) is 1.69. The molecule has 0 radical (unpaired) electrons. The molecule has 1 saturated carbocycles. The highest BCUT2D eigenvalue weighted by atomic mass is 16.5. The molecule has 2 aliphatic rings. The van der Waals surface area contributed by atoms with Crippen LogP contribution >= 0.6 is 0 Å². The Morgan fingerprint density at radius 3 is 2.72 bits per heavy atom. The van der Waals surface area contributed by atoms with Crippen molar-refractivity contribution in [2.75, 3.05) is 13.2 Å². The second-order valence-corrected chi connectivity index (χ2v) is 5.03. The Hall–Kier alpha value is -1.26. The second-order valence-electron chi connectivity index (χ2n) is 5.03. The molecule has 1 aliphatic heterocycles. The molecule has 18 heavy (non-hydrogen) atoms. The van der Waals surface area contributed by atoms with Gasteiger partial charge in [0.2, 0.25) is 0 Å². The Bertz CT molecular complexity index is 416. The Morgan fingerprint density at radius 1 is 1.17 bits per heavy atom. The van der Waals surface area contributed by atoms with E-state index in [1.165, 1.54) is 5.56 Å². The summed E-state index contributed by atoms with van der Waals surface area (Å²) in [5.41, 5.74) is 1.20. The maximum atomic E-state index is 9.23. The largest absolute Gasteiger partial charge is 0.490 e. The van der Waals surface area contributed by atoms with E-state index >= 15 is 0 Å². The SMILES string of the molecule is OC1CC(NCc2ccc3c(c2)OCCCO3)C1. The Morgan fingerprint density at radius 2 is 1.94 bits per heavy atom. The average molecular weight is 249 g/mol. The third kappa shape index (κ3) is 2.60. The predicted octanol–water partition coefficient (Wildman–Crippen LogP) is 1.46. The predicted molar refractivity (Wildman–Crippen MR) is 67.9 cm³/mol. The van der Waals surface area contributed by atoms with E-state index < -0.39 is 0 Å². The Kier molecular flexibility index (Phi) is 3.39. The van der Waals surface area contributed by atoms with Crippen LogP contribution in [-0.2, 0) is 6.54 Å². The molecule has 1 heterocycles. The number of fused-ring (bicyclic) bond motifs is 1. The number of aliphatic hydroxyl groups is 1. The van der Waals surface area contributed by atoms with E-state index in [-0.39, 0.29) is 6.10 Å². The number of hydrogen-bond donors (Lipinski definition) is 2. The van der Waals surface area contributed by atoms with Gasteiger partial charge in [-0.25, -0.2) is 0 Å². The van der Waals surface area contributed by atoms with Crippen molar-refractivity contribution in [1.82, 2.24) is 5.32 Å². The third-order valence-corrected chi connectivity index (χ3v) is 3.52. The first-order chi connectivity index (χ1) is 8.81. The molecular formula is C14H19NO3. The molecule has 98 valence electrons. The van der Waals surface area contributed by atoms with E-state index in [2.05, 4.69) is 11.4 Å².